The molecular weight excluding hydrogens is 590 g/mol. The molecular formula is C36H26ClN3O5. The van der Waals surface area contributed by atoms with Crippen LogP contribution in [0.5, 0.6) is 17.2 Å². The Morgan fingerprint density at radius 1 is 0.844 bits per heavy atom. The lowest BCUT2D eigenvalue weighted by Crippen LogP contribution is -2.20. The number of hydrogen-bond donors (Lipinski definition) is 0. The summed E-state index contributed by atoms with van der Waals surface area (Å²) < 4.78 is 24.9. The number of ether oxygens (including phenoxy) is 3. The average Bonchev–Trinajstić information content (AvgIpc) is 3.51. The summed E-state index contributed by atoms with van der Waals surface area (Å²) in [6.07, 6.45) is 1.51. The van der Waals surface area contributed by atoms with Gasteiger partial charge in [-0.2, -0.15) is 9.78 Å². The summed E-state index contributed by atoms with van der Waals surface area (Å²) >= 11 is 6.48. The van der Waals surface area contributed by atoms with Crippen molar-refractivity contribution in [1.82, 2.24) is 9.66 Å². The van der Waals surface area contributed by atoms with Crippen LogP contribution in [0.3, 0.4) is 0 Å². The molecule has 222 valence electrons. The van der Waals surface area contributed by atoms with Crippen LogP contribution in [0.2, 0.25) is 5.02 Å². The molecule has 0 N–H and O–H groups in total. The maximum atomic E-state index is 13.9. The summed E-state index contributed by atoms with van der Waals surface area (Å²) in [5.41, 5.74) is 2.25. The van der Waals surface area contributed by atoms with Gasteiger partial charge < -0.3 is 18.6 Å². The molecule has 2 heterocycles. The third kappa shape index (κ3) is 5.25. The molecule has 8 nitrogen and oxygen atoms in total. The Hall–Kier alpha value is -5.60. The first-order valence-electron chi connectivity index (χ1n) is 14.1. The first kappa shape index (κ1) is 28.2. The van der Waals surface area contributed by atoms with Crippen molar-refractivity contribution in [3.8, 4) is 28.8 Å². The monoisotopic (exact) mass is 615 g/mol. The van der Waals surface area contributed by atoms with Crippen molar-refractivity contribution in [2.45, 2.75) is 6.61 Å². The van der Waals surface area contributed by atoms with E-state index in [0.29, 0.717) is 50.1 Å². The van der Waals surface area contributed by atoms with Gasteiger partial charge in [0.25, 0.3) is 5.56 Å². The quantitative estimate of drug-likeness (QED) is 0.161. The van der Waals surface area contributed by atoms with Crippen molar-refractivity contribution in [2.24, 2.45) is 5.10 Å². The third-order valence-electron chi connectivity index (χ3n) is 7.55. The van der Waals surface area contributed by atoms with Gasteiger partial charge in [0.05, 0.1) is 36.7 Å². The van der Waals surface area contributed by atoms with Crippen LogP contribution in [0.4, 0.5) is 0 Å². The standard InChI is InChI=1S/C36H26ClN3O5/c1-42-30-15-8-16-31-28(30)19-33(45-31)35-39-29-14-6-5-13-27(29)36(41)40(35)38-20-24-17-25(37)18-32(43-2)34(24)44-21-23-11-7-10-22-9-3-4-12-26(22)23/h3-20H,21H2,1-2H3. The van der Waals surface area contributed by atoms with Gasteiger partial charge in [0, 0.05) is 16.7 Å². The minimum Gasteiger partial charge on any atom is -0.496 e. The van der Waals surface area contributed by atoms with Crippen molar-refractivity contribution in [3.05, 3.63) is 130 Å². The summed E-state index contributed by atoms with van der Waals surface area (Å²) in [6.45, 7) is 0.268. The second kappa shape index (κ2) is 11.8. The zero-order chi connectivity index (χ0) is 30.9. The number of aromatic nitrogens is 2. The van der Waals surface area contributed by atoms with Crippen LogP contribution < -0.4 is 19.8 Å². The normalized spacial score (nSPS) is 11.5. The van der Waals surface area contributed by atoms with Crippen LogP contribution in [0, 0.1) is 0 Å². The Labute approximate surface area is 262 Å². The highest BCUT2D eigenvalue weighted by Crippen LogP contribution is 2.36. The number of methoxy groups -OCH3 is 2. The lowest BCUT2D eigenvalue weighted by Gasteiger charge is -2.15. The molecule has 0 bridgehead atoms. The van der Waals surface area contributed by atoms with Crippen LogP contribution in [-0.4, -0.2) is 30.1 Å². The molecule has 0 saturated carbocycles. The molecule has 45 heavy (non-hydrogen) atoms. The maximum Gasteiger partial charge on any atom is 0.282 e. The van der Waals surface area contributed by atoms with E-state index < -0.39 is 0 Å². The van der Waals surface area contributed by atoms with Crippen LogP contribution in [0.1, 0.15) is 11.1 Å². The fourth-order valence-electron chi connectivity index (χ4n) is 5.39. The number of para-hydroxylation sites is 1. The first-order valence-corrected chi connectivity index (χ1v) is 14.5. The van der Waals surface area contributed by atoms with Crippen molar-refractivity contribution >= 4 is 50.5 Å². The highest BCUT2D eigenvalue weighted by Gasteiger charge is 2.19. The largest absolute Gasteiger partial charge is 0.496 e. The smallest absolute Gasteiger partial charge is 0.282 e. The zero-order valence-electron chi connectivity index (χ0n) is 24.4. The number of fused-ring (bicyclic) bond motifs is 3. The lowest BCUT2D eigenvalue weighted by atomic mass is 10.1. The van der Waals surface area contributed by atoms with Crippen LogP contribution in [-0.2, 0) is 6.61 Å². The molecule has 5 aromatic carbocycles. The molecule has 7 aromatic rings. The molecule has 0 radical (unpaired) electrons. The highest BCUT2D eigenvalue weighted by molar-refractivity contribution is 6.31. The Kier molecular flexibility index (Phi) is 7.41. The third-order valence-corrected chi connectivity index (χ3v) is 7.77. The van der Waals surface area contributed by atoms with E-state index in [1.54, 1.807) is 50.6 Å². The van der Waals surface area contributed by atoms with Gasteiger partial charge in [-0.3, -0.25) is 4.79 Å². The second-order valence-electron chi connectivity index (χ2n) is 10.3. The van der Waals surface area contributed by atoms with E-state index in [4.69, 9.17) is 35.2 Å². The van der Waals surface area contributed by atoms with Gasteiger partial charge in [-0.05, 0) is 52.7 Å². The van der Waals surface area contributed by atoms with Gasteiger partial charge in [-0.25, -0.2) is 4.98 Å². The Bertz CT molecular complexity index is 2300. The molecule has 9 heteroatoms. The molecule has 0 unspecified atom stereocenters. The summed E-state index contributed by atoms with van der Waals surface area (Å²) in [5.74, 6) is 2.07. The molecule has 0 amide bonds. The molecule has 0 fully saturated rings. The molecule has 7 rings (SSSR count). The molecule has 0 aliphatic carbocycles. The highest BCUT2D eigenvalue weighted by atomic mass is 35.5. The van der Waals surface area contributed by atoms with Crippen LogP contribution >= 0.6 is 11.6 Å². The number of hydrogen-bond acceptors (Lipinski definition) is 7. The van der Waals surface area contributed by atoms with Gasteiger partial charge in [-0.15, -0.1) is 0 Å². The van der Waals surface area contributed by atoms with Gasteiger partial charge in [0.15, 0.2) is 17.3 Å². The Balaban J connectivity index is 1.35. The van der Waals surface area contributed by atoms with Crippen molar-refractivity contribution in [1.29, 1.82) is 0 Å². The summed E-state index contributed by atoms with van der Waals surface area (Å²) in [7, 11) is 3.14. The van der Waals surface area contributed by atoms with Crippen molar-refractivity contribution in [3.63, 3.8) is 0 Å². The SMILES string of the molecule is COc1cc(Cl)cc(C=Nn2c(-c3cc4c(OC)cccc4o3)nc3ccccc3c2=O)c1OCc1cccc2ccccc12. The van der Waals surface area contributed by atoms with Crippen molar-refractivity contribution < 1.29 is 18.6 Å². The fourth-order valence-corrected chi connectivity index (χ4v) is 5.61. The topological polar surface area (TPSA) is 88.1 Å². The Morgan fingerprint density at radius 2 is 1.60 bits per heavy atom. The lowest BCUT2D eigenvalue weighted by molar-refractivity contribution is 0.285. The molecule has 2 aromatic heterocycles. The van der Waals surface area contributed by atoms with E-state index >= 15 is 0 Å². The first-order chi connectivity index (χ1) is 22.0. The fraction of sp³-hybridized carbons (Fsp3) is 0.0833. The Morgan fingerprint density at radius 3 is 2.44 bits per heavy atom. The van der Waals surface area contributed by atoms with Gasteiger partial charge in [0.2, 0.25) is 5.82 Å². The molecule has 0 aliphatic heterocycles. The predicted molar refractivity (Wildman–Crippen MR) is 177 cm³/mol. The van der Waals surface area contributed by atoms with Crippen LogP contribution in [0.25, 0.3) is 44.2 Å². The average molecular weight is 616 g/mol. The van der Waals surface area contributed by atoms with E-state index in [1.807, 2.05) is 48.5 Å². The molecule has 0 spiro atoms. The van der Waals surface area contributed by atoms with E-state index in [1.165, 1.54) is 10.9 Å². The van der Waals surface area contributed by atoms with Gasteiger partial charge >= 0.3 is 0 Å². The van der Waals surface area contributed by atoms with Gasteiger partial charge in [0.1, 0.15) is 17.9 Å². The molecule has 0 saturated heterocycles. The van der Waals surface area contributed by atoms with Gasteiger partial charge in [-0.1, -0.05) is 72.3 Å². The maximum absolute atomic E-state index is 13.9. The van der Waals surface area contributed by atoms with E-state index in [9.17, 15) is 4.79 Å². The van der Waals surface area contributed by atoms with E-state index in [-0.39, 0.29) is 18.0 Å². The number of benzene rings is 5. The summed E-state index contributed by atoms with van der Waals surface area (Å²) in [6, 6.07) is 32.0. The van der Waals surface area contributed by atoms with Crippen LogP contribution in [0.15, 0.2) is 117 Å². The predicted octanol–water partition coefficient (Wildman–Crippen LogP) is 8.09. The number of furan rings is 1. The number of halogens is 1. The van der Waals surface area contributed by atoms with Crippen molar-refractivity contribution in [2.75, 3.05) is 14.2 Å². The summed E-state index contributed by atoms with van der Waals surface area (Å²) in [5, 5.41) is 8.40. The number of nitrogens with zero attached hydrogens (tertiary/aromatic N) is 3. The minimum atomic E-state index is -0.369. The van der Waals surface area contributed by atoms with E-state index in [0.717, 1.165) is 21.7 Å². The van der Waals surface area contributed by atoms with E-state index in [2.05, 4.69) is 23.3 Å². The zero-order valence-corrected chi connectivity index (χ0v) is 25.1. The molecule has 0 atom stereocenters. The number of rotatable bonds is 8. The molecule has 0 aliphatic rings. The second-order valence-corrected chi connectivity index (χ2v) is 10.7. The minimum absolute atomic E-state index is 0.223. The summed E-state index contributed by atoms with van der Waals surface area (Å²) in [4.78, 5) is 18.6.